The maximum Gasteiger partial charge on any atom is 0.283 e. The molecule has 0 fully saturated rings. The molecule has 1 aromatic heterocycles. The molecule has 0 radical (unpaired) electrons. The normalized spacial score (nSPS) is 9.85. The van der Waals surface area contributed by atoms with E-state index in [1.165, 1.54) is 0 Å². The molecule has 0 saturated heterocycles. The van der Waals surface area contributed by atoms with Crippen molar-refractivity contribution in [3.8, 4) is 5.75 Å². The number of aromatic nitrogens is 1. The van der Waals surface area contributed by atoms with Gasteiger partial charge >= 0.3 is 0 Å². The molecule has 2 rings (SSSR count). The lowest BCUT2D eigenvalue weighted by molar-refractivity contribution is 0.0948. The summed E-state index contributed by atoms with van der Waals surface area (Å²) in [5.41, 5.74) is 3.43. The first-order valence-electron chi connectivity index (χ1n) is 5.88. The number of rotatable bonds is 5. The van der Waals surface area contributed by atoms with Crippen LogP contribution in [-0.2, 0) is 6.61 Å². The molecular weight excluding hydrogens is 258 g/mol. The lowest BCUT2D eigenvalue weighted by Crippen LogP contribution is -2.30. The number of amides is 1. The topological polar surface area (TPSA) is 94.3 Å². The lowest BCUT2D eigenvalue weighted by Gasteiger charge is -2.07. The fourth-order valence-corrected chi connectivity index (χ4v) is 1.56. The number of hydrogen-bond acceptors (Lipinski definition) is 5. The minimum Gasteiger partial charge on any atom is -0.487 e. The van der Waals surface area contributed by atoms with Crippen molar-refractivity contribution in [1.29, 1.82) is 0 Å². The first-order valence-corrected chi connectivity index (χ1v) is 5.88. The van der Waals surface area contributed by atoms with Crippen molar-refractivity contribution in [3.05, 3.63) is 59.4 Å². The van der Waals surface area contributed by atoms with Crippen LogP contribution in [0.15, 0.2) is 42.5 Å². The van der Waals surface area contributed by atoms with Gasteiger partial charge in [0.15, 0.2) is 0 Å². The van der Waals surface area contributed by atoms with Crippen LogP contribution in [0.4, 0.5) is 0 Å². The fraction of sp³-hybridized carbons (Fsp3) is 0.0714. The molecule has 0 spiro atoms. The summed E-state index contributed by atoms with van der Waals surface area (Å²) in [7, 11) is 0. The van der Waals surface area contributed by atoms with Crippen LogP contribution in [0, 0.1) is 0 Å². The van der Waals surface area contributed by atoms with Gasteiger partial charge in [-0.15, -0.1) is 0 Å². The van der Waals surface area contributed by atoms with Crippen LogP contribution in [0.1, 0.15) is 26.5 Å². The van der Waals surface area contributed by atoms with E-state index in [9.17, 15) is 9.59 Å². The van der Waals surface area contributed by atoms with Crippen molar-refractivity contribution in [1.82, 2.24) is 10.4 Å². The van der Waals surface area contributed by atoms with E-state index < -0.39 is 5.91 Å². The molecule has 3 N–H and O–H groups in total. The molecule has 0 aliphatic rings. The predicted octanol–water partition coefficient (Wildman–Crippen LogP) is 1.08. The van der Waals surface area contributed by atoms with Crippen LogP contribution in [0.25, 0.3) is 0 Å². The number of nitrogens with zero attached hydrogens (tertiary/aromatic N) is 1. The van der Waals surface area contributed by atoms with Crippen LogP contribution in [0.5, 0.6) is 5.75 Å². The molecule has 2 aromatic rings. The van der Waals surface area contributed by atoms with E-state index in [1.807, 2.05) is 5.43 Å². The Kier molecular flexibility index (Phi) is 4.41. The van der Waals surface area contributed by atoms with Crippen LogP contribution >= 0.6 is 0 Å². The van der Waals surface area contributed by atoms with Crippen LogP contribution < -0.4 is 16.0 Å². The quantitative estimate of drug-likeness (QED) is 0.367. The number of hydrogen-bond donors (Lipinski definition) is 2. The van der Waals surface area contributed by atoms with Crippen LogP contribution in [0.3, 0.4) is 0 Å². The Morgan fingerprint density at radius 2 is 2.00 bits per heavy atom. The third-order valence-electron chi connectivity index (χ3n) is 2.57. The van der Waals surface area contributed by atoms with E-state index in [0.29, 0.717) is 17.0 Å². The number of nitrogens with one attached hydrogen (secondary N) is 1. The van der Waals surface area contributed by atoms with Crippen molar-refractivity contribution in [3.63, 3.8) is 0 Å². The summed E-state index contributed by atoms with van der Waals surface area (Å²) >= 11 is 0. The molecule has 20 heavy (non-hydrogen) atoms. The Hall–Kier alpha value is -2.73. The van der Waals surface area contributed by atoms with Gasteiger partial charge in [0.25, 0.3) is 5.91 Å². The molecule has 1 heterocycles. The third kappa shape index (κ3) is 3.39. The molecule has 0 unspecified atom stereocenters. The predicted molar refractivity (Wildman–Crippen MR) is 72.1 cm³/mol. The Balaban J connectivity index is 2.02. The number of ether oxygens (including phenoxy) is 1. The van der Waals surface area contributed by atoms with Gasteiger partial charge in [-0.2, -0.15) is 0 Å². The molecule has 6 heteroatoms. The molecule has 0 aliphatic carbocycles. The highest BCUT2D eigenvalue weighted by Gasteiger charge is 2.06. The highest BCUT2D eigenvalue weighted by Crippen LogP contribution is 2.13. The fourth-order valence-electron chi connectivity index (χ4n) is 1.56. The van der Waals surface area contributed by atoms with E-state index in [2.05, 4.69) is 4.98 Å². The molecular formula is C14H13N3O3. The zero-order chi connectivity index (χ0) is 14.4. The highest BCUT2D eigenvalue weighted by atomic mass is 16.5. The number of nitrogens with two attached hydrogens (primary N) is 1. The lowest BCUT2D eigenvalue weighted by atomic mass is 10.2. The first-order chi connectivity index (χ1) is 9.72. The van der Waals surface area contributed by atoms with Crippen LogP contribution in [0.2, 0.25) is 0 Å². The molecule has 0 saturated carbocycles. The second-order valence-electron chi connectivity index (χ2n) is 3.96. The van der Waals surface area contributed by atoms with Crippen LogP contribution in [-0.4, -0.2) is 17.2 Å². The molecule has 6 nitrogen and oxygen atoms in total. The van der Waals surface area contributed by atoms with E-state index in [-0.39, 0.29) is 12.3 Å². The molecule has 1 aromatic carbocycles. The van der Waals surface area contributed by atoms with Crippen molar-refractivity contribution < 1.29 is 14.3 Å². The molecule has 0 aliphatic heterocycles. The largest absolute Gasteiger partial charge is 0.487 e. The average molecular weight is 271 g/mol. The molecule has 102 valence electrons. The summed E-state index contributed by atoms with van der Waals surface area (Å²) in [6.07, 6.45) is 0.764. The van der Waals surface area contributed by atoms with Gasteiger partial charge in [-0.1, -0.05) is 6.07 Å². The number of benzene rings is 1. The number of hydrazine groups is 1. The maximum absolute atomic E-state index is 11.3. The van der Waals surface area contributed by atoms with Gasteiger partial charge < -0.3 is 4.74 Å². The Morgan fingerprint density at radius 1 is 1.25 bits per heavy atom. The third-order valence-corrected chi connectivity index (χ3v) is 2.57. The summed E-state index contributed by atoms with van der Waals surface area (Å²) in [6.45, 7) is 0.214. The van der Waals surface area contributed by atoms with Crippen molar-refractivity contribution >= 4 is 12.2 Å². The zero-order valence-electron chi connectivity index (χ0n) is 10.6. The van der Waals surface area contributed by atoms with Gasteiger partial charge in [0.2, 0.25) is 0 Å². The van der Waals surface area contributed by atoms with Gasteiger partial charge in [-0.25, -0.2) is 10.8 Å². The second kappa shape index (κ2) is 6.44. The monoisotopic (exact) mass is 271 g/mol. The summed E-state index contributed by atoms with van der Waals surface area (Å²) in [6, 6.07) is 11.7. The van der Waals surface area contributed by atoms with Gasteiger partial charge in [0.05, 0.1) is 5.69 Å². The van der Waals surface area contributed by atoms with Gasteiger partial charge in [0.1, 0.15) is 24.3 Å². The Labute approximate surface area is 115 Å². The summed E-state index contributed by atoms with van der Waals surface area (Å²) < 4.78 is 5.52. The van der Waals surface area contributed by atoms with Gasteiger partial charge in [-0.3, -0.25) is 15.0 Å². The summed E-state index contributed by atoms with van der Waals surface area (Å²) in [5, 5.41) is 0. The molecule has 0 bridgehead atoms. The van der Waals surface area contributed by atoms with Crippen molar-refractivity contribution in [2.24, 2.45) is 5.84 Å². The number of carbonyl (C=O) groups is 2. The van der Waals surface area contributed by atoms with E-state index >= 15 is 0 Å². The minimum atomic E-state index is -0.456. The smallest absolute Gasteiger partial charge is 0.283 e. The molecule has 1 amide bonds. The van der Waals surface area contributed by atoms with E-state index in [1.54, 1.807) is 42.5 Å². The number of pyridine rings is 1. The van der Waals surface area contributed by atoms with Crippen molar-refractivity contribution in [2.75, 3.05) is 0 Å². The van der Waals surface area contributed by atoms with E-state index in [4.69, 9.17) is 10.6 Å². The minimum absolute atomic E-state index is 0.214. The Morgan fingerprint density at radius 3 is 2.65 bits per heavy atom. The summed E-state index contributed by atoms with van der Waals surface area (Å²) in [4.78, 5) is 26.0. The zero-order valence-corrected chi connectivity index (χ0v) is 10.6. The maximum atomic E-state index is 11.3. The Bertz CT molecular complexity index is 611. The van der Waals surface area contributed by atoms with Gasteiger partial charge in [0, 0.05) is 5.56 Å². The first kappa shape index (κ1) is 13.7. The summed E-state index contributed by atoms with van der Waals surface area (Å²) in [5.74, 6) is 5.21. The number of carbonyl (C=O) groups excluding carboxylic acids is 2. The number of aldehydes is 1. The number of nitrogen functional groups attached to an aromatic ring is 1. The SMILES string of the molecule is NNC(=O)c1cccc(COc2ccc(C=O)cc2)n1. The van der Waals surface area contributed by atoms with Crippen molar-refractivity contribution in [2.45, 2.75) is 6.61 Å². The average Bonchev–Trinajstić information content (AvgIpc) is 2.53. The van der Waals surface area contributed by atoms with Gasteiger partial charge in [-0.05, 0) is 36.4 Å². The van der Waals surface area contributed by atoms with E-state index in [0.717, 1.165) is 6.29 Å². The highest BCUT2D eigenvalue weighted by molar-refractivity contribution is 5.91. The molecule has 0 atom stereocenters. The standard InChI is InChI=1S/C14H13N3O3/c15-17-14(19)13-3-1-2-11(16-13)9-20-12-6-4-10(8-18)5-7-12/h1-8H,9,15H2,(H,17,19). The second-order valence-corrected chi connectivity index (χ2v) is 3.96.